The number of aliphatic hydroxyl groups excluding tert-OH is 1. The van der Waals surface area contributed by atoms with Crippen molar-refractivity contribution in [2.75, 3.05) is 0 Å². The molecule has 8 atom stereocenters. The molecule has 0 aromatic carbocycles. The van der Waals surface area contributed by atoms with Gasteiger partial charge in [-0.25, -0.2) is 0 Å². The van der Waals surface area contributed by atoms with Crippen molar-refractivity contribution < 1.29 is 14.6 Å². The highest BCUT2D eigenvalue weighted by molar-refractivity contribution is 5.66. The van der Waals surface area contributed by atoms with Crippen LogP contribution in [0.25, 0.3) is 0 Å². The second kappa shape index (κ2) is 5.60. The SMILES string of the molecule is CC(=O)OC1C[C@H]2[C@@H]3CCC4C=C(O)C=C[C@]4(C)[C@@H]3CC[C@]2(C)C1N. The minimum atomic E-state index is -0.217. The topological polar surface area (TPSA) is 72.5 Å². The van der Waals surface area contributed by atoms with Crippen LogP contribution < -0.4 is 5.73 Å². The van der Waals surface area contributed by atoms with Crippen LogP contribution >= 0.6 is 0 Å². The first kappa shape index (κ1) is 17.1. The molecule has 3 fully saturated rings. The molecule has 0 aliphatic heterocycles. The smallest absolute Gasteiger partial charge is 0.302 e. The van der Waals surface area contributed by atoms with Crippen LogP contribution in [0.2, 0.25) is 0 Å². The second-order valence-electron chi connectivity index (χ2n) is 9.31. The van der Waals surface area contributed by atoms with Crippen LogP contribution in [0, 0.1) is 34.5 Å². The lowest BCUT2D eigenvalue weighted by Crippen LogP contribution is -2.54. The van der Waals surface area contributed by atoms with E-state index >= 15 is 0 Å². The molecule has 0 radical (unpaired) electrons. The van der Waals surface area contributed by atoms with Gasteiger partial charge in [-0.05, 0) is 78.8 Å². The molecule has 3 N–H and O–H groups in total. The van der Waals surface area contributed by atoms with Gasteiger partial charge in [-0.3, -0.25) is 4.79 Å². The van der Waals surface area contributed by atoms with Gasteiger partial charge in [-0.1, -0.05) is 19.9 Å². The highest BCUT2D eigenvalue weighted by Crippen LogP contribution is 2.64. The first-order valence-electron chi connectivity index (χ1n) is 9.78. The predicted molar refractivity (Wildman–Crippen MR) is 96.6 cm³/mol. The van der Waals surface area contributed by atoms with Crippen molar-refractivity contribution in [3.63, 3.8) is 0 Å². The molecule has 25 heavy (non-hydrogen) atoms. The van der Waals surface area contributed by atoms with Gasteiger partial charge in [0.25, 0.3) is 0 Å². The maximum absolute atomic E-state index is 11.5. The number of fused-ring (bicyclic) bond motifs is 5. The molecule has 0 amide bonds. The average Bonchev–Trinajstić information content (AvgIpc) is 2.79. The van der Waals surface area contributed by atoms with E-state index in [2.05, 4.69) is 26.0 Å². The van der Waals surface area contributed by atoms with Gasteiger partial charge in [0.1, 0.15) is 11.9 Å². The quantitative estimate of drug-likeness (QED) is 0.710. The van der Waals surface area contributed by atoms with Crippen molar-refractivity contribution in [1.29, 1.82) is 0 Å². The summed E-state index contributed by atoms with van der Waals surface area (Å²) in [5.41, 5.74) is 6.78. The van der Waals surface area contributed by atoms with Gasteiger partial charge < -0.3 is 15.6 Å². The Hall–Kier alpha value is -1.29. The van der Waals surface area contributed by atoms with Crippen LogP contribution in [0.15, 0.2) is 24.0 Å². The largest absolute Gasteiger partial charge is 0.508 e. The van der Waals surface area contributed by atoms with E-state index in [1.165, 1.54) is 19.8 Å². The standard InChI is InChI=1S/C21H31NO3/c1-12(23)25-18-11-17-15-5-4-13-10-14(24)6-8-20(13,2)16(15)7-9-21(17,3)19(18)22/h6,8,10,13,15-19,24H,4-5,7,9,11,22H2,1-3H3/t13?,15-,16-,17+,18?,19?,20+,21+/m1/s1. The molecule has 0 saturated heterocycles. The molecule has 0 aromatic heterocycles. The lowest BCUT2D eigenvalue weighted by molar-refractivity contribution is -0.147. The zero-order valence-electron chi connectivity index (χ0n) is 15.6. The third kappa shape index (κ3) is 2.40. The molecular formula is C21H31NO3. The van der Waals surface area contributed by atoms with Gasteiger partial charge in [-0.15, -0.1) is 0 Å². The van der Waals surface area contributed by atoms with Gasteiger partial charge >= 0.3 is 5.97 Å². The average molecular weight is 345 g/mol. The summed E-state index contributed by atoms with van der Waals surface area (Å²) >= 11 is 0. The number of esters is 1. The number of aliphatic hydroxyl groups is 1. The van der Waals surface area contributed by atoms with Crippen molar-refractivity contribution >= 4 is 5.97 Å². The van der Waals surface area contributed by atoms with Crippen LogP contribution in [0.4, 0.5) is 0 Å². The minimum Gasteiger partial charge on any atom is -0.508 e. The molecule has 0 spiro atoms. The zero-order valence-corrected chi connectivity index (χ0v) is 15.6. The predicted octanol–water partition coefficient (Wildman–Crippen LogP) is 3.73. The molecule has 4 nitrogen and oxygen atoms in total. The van der Waals surface area contributed by atoms with Crippen LogP contribution in [0.5, 0.6) is 0 Å². The van der Waals surface area contributed by atoms with E-state index in [1.54, 1.807) is 0 Å². The van der Waals surface area contributed by atoms with Crippen molar-refractivity contribution in [1.82, 2.24) is 0 Å². The summed E-state index contributed by atoms with van der Waals surface area (Å²) in [4.78, 5) is 11.5. The van der Waals surface area contributed by atoms with E-state index < -0.39 is 0 Å². The number of nitrogens with two attached hydrogens (primary N) is 1. The summed E-state index contributed by atoms with van der Waals surface area (Å²) < 4.78 is 5.59. The monoisotopic (exact) mass is 345 g/mol. The molecule has 0 heterocycles. The number of carbonyl (C=O) groups is 1. The molecule has 3 unspecified atom stereocenters. The Morgan fingerprint density at radius 3 is 2.76 bits per heavy atom. The fourth-order valence-corrected chi connectivity index (χ4v) is 6.82. The van der Waals surface area contributed by atoms with Gasteiger partial charge in [0, 0.05) is 13.0 Å². The normalized spacial score (nSPS) is 51.1. The number of carbonyl (C=O) groups excluding carboxylic acids is 1. The summed E-state index contributed by atoms with van der Waals surface area (Å²) in [6.45, 7) is 6.17. The Kier molecular flexibility index (Phi) is 3.84. The lowest BCUT2D eigenvalue weighted by Gasteiger charge is -2.58. The summed E-state index contributed by atoms with van der Waals surface area (Å²) in [6.07, 6.45) is 11.5. The van der Waals surface area contributed by atoms with Crippen LogP contribution in [-0.4, -0.2) is 23.2 Å². The highest BCUT2D eigenvalue weighted by Gasteiger charge is 2.61. The Labute approximate surface area is 150 Å². The summed E-state index contributed by atoms with van der Waals surface area (Å²) in [7, 11) is 0. The zero-order chi connectivity index (χ0) is 18.0. The second-order valence-corrected chi connectivity index (χ2v) is 9.31. The first-order valence-corrected chi connectivity index (χ1v) is 9.78. The lowest BCUT2D eigenvalue weighted by atomic mass is 9.47. The number of allylic oxidation sites excluding steroid dienone is 3. The fourth-order valence-electron chi connectivity index (χ4n) is 6.82. The fraction of sp³-hybridized carbons (Fsp3) is 0.762. The van der Waals surface area contributed by atoms with Crippen LogP contribution in [-0.2, 0) is 9.53 Å². The van der Waals surface area contributed by atoms with E-state index in [0.29, 0.717) is 29.4 Å². The van der Waals surface area contributed by atoms with Gasteiger partial charge in [0.05, 0.1) is 0 Å². The molecule has 4 heteroatoms. The highest BCUT2D eigenvalue weighted by atomic mass is 16.5. The maximum atomic E-state index is 11.5. The first-order chi connectivity index (χ1) is 11.8. The number of ether oxygens (including phenoxy) is 1. The van der Waals surface area contributed by atoms with Crippen molar-refractivity contribution in [2.24, 2.45) is 40.2 Å². The van der Waals surface area contributed by atoms with E-state index in [4.69, 9.17) is 10.5 Å². The molecule has 0 aromatic rings. The van der Waals surface area contributed by atoms with Crippen molar-refractivity contribution in [3.05, 3.63) is 24.0 Å². The molecule has 4 aliphatic rings. The maximum Gasteiger partial charge on any atom is 0.302 e. The third-order valence-corrected chi connectivity index (χ3v) is 8.23. The van der Waals surface area contributed by atoms with Gasteiger partial charge in [0.15, 0.2) is 0 Å². The summed E-state index contributed by atoms with van der Waals surface area (Å²) in [6, 6.07) is -0.0567. The number of hydrogen-bond donors (Lipinski definition) is 2. The van der Waals surface area contributed by atoms with Crippen molar-refractivity contribution in [2.45, 2.75) is 65.0 Å². The molecule has 138 valence electrons. The van der Waals surface area contributed by atoms with Gasteiger partial charge in [0.2, 0.25) is 0 Å². The molecule has 4 rings (SSSR count). The van der Waals surface area contributed by atoms with Crippen LogP contribution in [0.1, 0.15) is 52.9 Å². The number of hydrogen-bond acceptors (Lipinski definition) is 4. The molecule has 0 bridgehead atoms. The molecule has 3 saturated carbocycles. The van der Waals surface area contributed by atoms with E-state index in [9.17, 15) is 9.90 Å². The summed E-state index contributed by atoms with van der Waals surface area (Å²) in [5, 5.41) is 9.91. The summed E-state index contributed by atoms with van der Waals surface area (Å²) in [5.74, 6) is 2.40. The van der Waals surface area contributed by atoms with E-state index in [0.717, 1.165) is 19.3 Å². The van der Waals surface area contributed by atoms with E-state index in [1.807, 2.05) is 6.08 Å². The molecule has 4 aliphatic carbocycles. The molecular weight excluding hydrogens is 314 g/mol. The third-order valence-electron chi connectivity index (χ3n) is 8.23. The Morgan fingerprint density at radius 2 is 2.04 bits per heavy atom. The van der Waals surface area contributed by atoms with Gasteiger partial charge in [-0.2, -0.15) is 0 Å². The number of rotatable bonds is 1. The Balaban J connectivity index is 1.63. The Bertz CT molecular complexity index is 641. The van der Waals surface area contributed by atoms with Crippen LogP contribution in [0.3, 0.4) is 0 Å². The van der Waals surface area contributed by atoms with Crippen molar-refractivity contribution in [3.8, 4) is 0 Å². The van der Waals surface area contributed by atoms with E-state index in [-0.39, 0.29) is 28.9 Å². The Morgan fingerprint density at radius 1 is 1.28 bits per heavy atom. The minimum absolute atomic E-state index is 0.0567.